The van der Waals surface area contributed by atoms with Crippen molar-refractivity contribution in [1.29, 1.82) is 0 Å². The van der Waals surface area contributed by atoms with Crippen LogP contribution in [0.1, 0.15) is 19.3 Å². The zero-order valence-electron chi connectivity index (χ0n) is 12.0. The third kappa shape index (κ3) is 3.12. The van der Waals surface area contributed by atoms with Crippen LogP contribution in [0.2, 0.25) is 5.02 Å². The van der Waals surface area contributed by atoms with E-state index in [0.717, 1.165) is 6.42 Å². The smallest absolute Gasteiger partial charge is 0.276 e. The first-order valence-corrected chi connectivity index (χ1v) is 9.03. The summed E-state index contributed by atoms with van der Waals surface area (Å²) in [5, 5.41) is 8.59. The largest absolute Gasteiger partial charge is 0.326 e. The Labute approximate surface area is 134 Å². The molecule has 2 fully saturated rings. The van der Waals surface area contributed by atoms with Gasteiger partial charge in [0.15, 0.2) is 0 Å². The molecule has 8 heteroatoms. The number of anilines is 1. The molecule has 0 unspecified atom stereocenters. The number of nitrogens with zero attached hydrogens (tertiary/aromatic N) is 1. The lowest BCUT2D eigenvalue weighted by molar-refractivity contribution is -0.118. The van der Waals surface area contributed by atoms with Crippen LogP contribution >= 0.6 is 11.6 Å². The Kier molecular flexibility index (Phi) is 3.92. The maximum atomic E-state index is 12.3. The van der Waals surface area contributed by atoms with Crippen molar-refractivity contribution in [2.75, 3.05) is 18.4 Å². The minimum absolute atomic E-state index is 0.0219. The summed E-state index contributed by atoms with van der Waals surface area (Å²) < 4.78 is 23.9. The van der Waals surface area contributed by atoms with Gasteiger partial charge in [0.2, 0.25) is 5.91 Å². The van der Waals surface area contributed by atoms with Crippen LogP contribution in [-0.2, 0) is 15.0 Å². The van der Waals surface area contributed by atoms with Gasteiger partial charge in [0.25, 0.3) is 10.2 Å². The molecule has 1 aromatic carbocycles. The highest BCUT2D eigenvalue weighted by molar-refractivity contribution is 7.86. The molecule has 1 aliphatic heterocycles. The second kappa shape index (κ2) is 5.49. The van der Waals surface area contributed by atoms with Crippen LogP contribution in [0.5, 0.6) is 0 Å². The predicted molar refractivity (Wildman–Crippen MR) is 84.5 cm³/mol. The molecule has 1 aromatic rings. The highest BCUT2D eigenvalue weighted by atomic mass is 35.5. The van der Waals surface area contributed by atoms with Gasteiger partial charge in [-0.25, -0.2) is 5.14 Å². The van der Waals surface area contributed by atoms with Crippen LogP contribution in [0, 0.1) is 11.3 Å². The second-order valence-corrected chi connectivity index (χ2v) is 8.05. The van der Waals surface area contributed by atoms with Crippen LogP contribution in [0.25, 0.3) is 0 Å². The number of carbonyl (C=O) groups excluding carboxylic acids is 1. The molecule has 1 amide bonds. The van der Waals surface area contributed by atoms with Gasteiger partial charge >= 0.3 is 0 Å². The number of hydrogen-bond acceptors (Lipinski definition) is 3. The van der Waals surface area contributed by atoms with Gasteiger partial charge in [-0.05, 0) is 42.9 Å². The van der Waals surface area contributed by atoms with E-state index in [1.807, 2.05) is 0 Å². The van der Waals surface area contributed by atoms with Gasteiger partial charge in [0.05, 0.1) is 0 Å². The lowest BCUT2D eigenvalue weighted by Gasteiger charge is -2.30. The Morgan fingerprint density at radius 1 is 1.36 bits per heavy atom. The van der Waals surface area contributed by atoms with Crippen molar-refractivity contribution < 1.29 is 13.2 Å². The molecule has 2 aliphatic rings. The van der Waals surface area contributed by atoms with E-state index in [1.54, 1.807) is 24.3 Å². The Balaban J connectivity index is 1.59. The monoisotopic (exact) mass is 343 g/mol. The van der Waals surface area contributed by atoms with Crippen molar-refractivity contribution in [1.82, 2.24) is 4.31 Å². The van der Waals surface area contributed by atoms with E-state index in [0.29, 0.717) is 36.6 Å². The molecular weight excluding hydrogens is 326 g/mol. The van der Waals surface area contributed by atoms with Crippen molar-refractivity contribution in [2.24, 2.45) is 16.5 Å². The quantitative estimate of drug-likeness (QED) is 0.872. The minimum atomic E-state index is -3.62. The molecule has 1 spiro atoms. The first-order valence-electron chi connectivity index (χ1n) is 7.14. The van der Waals surface area contributed by atoms with Crippen molar-refractivity contribution in [3.63, 3.8) is 0 Å². The van der Waals surface area contributed by atoms with Crippen molar-refractivity contribution in [3.8, 4) is 0 Å². The van der Waals surface area contributed by atoms with Gasteiger partial charge in [-0.3, -0.25) is 4.79 Å². The standard InChI is InChI=1S/C14H18ClN3O3S/c15-10-2-1-3-11(8-10)17-13(19)12-9-14(12)4-6-18(7-5-14)22(16,20)21/h1-3,8,12H,4-7,9H2,(H,17,19)(H2,16,20,21)/t12-/m0/s1. The molecule has 0 radical (unpaired) electrons. The lowest BCUT2D eigenvalue weighted by Crippen LogP contribution is -2.43. The summed E-state index contributed by atoms with van der Waals surface area (Å²) in [7, 11) is -3.62. The molecule has 1 aliphatic carbocycles. The average Bonchev–Trinajstić information content (AvgIpc) is 3.12. The molecule has 1 heterocycles. The van der Waals surface area contributed by atoms with Gasteiger partial charge in [-0.1, -0.05) is 17.7 Å². The van der Waals surface area contributed by atoms with Crippen molar-refractivity contribution >= 4 is 33.4 Å². The molecule has 6 nitrogen and oxygen atoms in total. The first kappa shape index (κ1) is 15.7. The van der Waals surface area contributed by atoms with E-state index >= 15 is 0 Å². The minimum Gasteiger partial charge on any atom is -0.326 e. The summed E-state index contributed by atoms with van der Waals surface area (Å²) in [6.45, 7) is 0.777. The summed E-state index contributed by atoms with van der Waals surface area (Å²) in [5.41, 5.74) is 0.616. The number of hydrogen-bond donors (Lipinski definition) is 2. The molecule has 120 valence electrons. The summed E-state index contributed by atoms with van der Waals surface area (Å²) in [5.74, 6) is -0.0829. The molecule has 0 aromatic heterocycles. The Morgan fingerprint density at radius 2 is 2.05 bits per heavy atom. The zero-order chi connectivity index (χ0) is 16.0. The van der Waals surface area contributed by atoms with E-state index in [1.165, 1.54) is 4.31 Å². The Morgan fingerprint density at radius 3 is 2.64 bits per heavy atom. The highest BCUT2D eigenvalue weighted by Crippen LogP contribution is 2.59. The fraction of sp³-hybridized carbons (Fsp3) is 0.500. The molecule has 22 heavy (non-hydrogen) atoms. The molecule has 3 N–H and O–H groups in total. The van der Waals surface area contributed by atoms with Crippen LogP contribution in [0.15, 0.2) is 24.3 Å². The van der Waals surface area contributed by atoms with E-state index in [9.17, 15) is 13.2 Å². The maximum absolute atomic E-state index is 12.3. The Hall–Kier alpha value is -1.15. The average molecular weight is 344 g/mol. The van der Waals surface area contributed by atoms with Gasteiger partial charge in [0.1, 0.15) is 0 Å². The summed E-state index contributed by atoms with van der Waals surface area (Å²) in [6, 6.07) is 7.03. The normalized spacial score (nSPS) is 24.2. The number of benzene rings is 1. The number of amides is 1. The summed E-state index contributed by atoms with van der Waals surface area (Å²) in [6.07, 6.45) is 2.16. The number of carbonyl (C=O) groups is 1. The number of halogens is 1. The number of nitrogens with one attached hydrogen (secondary N) is 1. The van der Waals surface area contributed by atoms with Crippen molar-refractivity contribution in [2.45, 2.75) is 19.3 Å². The molecule has 3 rings (SSSR count). The SMILES string of the molecule is NS(=O)(=O)N1CCC2(CC1)C[C@H]2C(=O)Nc1cccc(Cl)c1. The van der Waals surface area contributed by atoms with E-state index < -0.39 is 10.2 Å². The maximum Gasteiger partial charge on any atom is 0.276 e. The van der Waals surface area contributed by atoms with Crippen LogP contribution in [0.4, 0.5) is 5.69 Å². The van der Waals surface area contributed by atoms with Gasteiger partial charge in [-0.15, -0.1) is 0 Å². The van der Waals surface area contributed by atoms with E-state index in [2.05, 4.69) is 5.32 Å². The molecule has 1 atom stereocenters. The summed E-state index contributed by atoms with van der Waals surface area (Å²) in [4.78, 5) is 12.3. The fourth-order valence-electron chi connectivity index (χ4n) is 3.25. The van der Waals surface area contributed by atoms with Crippen LogP contribution in [-0.4, -0.2) is 31.7 Å². The third-order valence-electron chi connectivity index (χ3n) is 4.68. The van der Waals surface area contributed by atoms with Crippen molar-refractivity contribution in [3.05, 3.63) is 29.3 Å². The fourth-order valence-corrected chi connectivity index (χ4v) is 4.13. The highest BCUT2D eigenvalue weighted by Gasteiger charge is 2.59. The molecule has 0 bridgehead atoms. The Bertz CT molecular complexity index is 699. The van der Waals surface area contributed by atoms with Gasteiger partial charge in [-0.2, -0.15) is 12.7 Å². The first-order chi connectivity index (χ1) is 10.3. The topological polar surface area (TPSA) is 92.5 Å². The van der Waals surface area contributed by atoms with Gasteiger partial charge < -0.3 is 5.32 Å². The van der Waals surface area contributed by atoms with Crippen LogP contribution in [0.3, 0.4) is 0 Å². The van der Waals surface area contributed by atoms with E-state index in [4.69, 9.17) is 16.7 Å². The van der Waals surface area contributed by atoms with E-state index in [-0.39, 0.29) is 17.2 Å². The third-order valence-corrected chi connectivity index (χ3v) is 6.00. The van der Waals surface area contributed by atoms with Gasteiger partial charge in [0, 0.05) is 29.7 Å². The van der Waals surface area contributed by atoms with Crippen LogP contribution < -0.4 is 10.5 Å². The number of nitrogens with two attached hydrogens (primary N) is 1. The number of rotatable bonds is 3. The summed E-state index contributed by atoms with van der Waals surface area (Å²) >= 11 is 5.90. The predicted octanol–water partition coefficient (Wildman–Crippen LogP) is 1.58. The zero-order valence-corrected chi connectivity index (χ0v) is 13.5. The molecule has 1 saturated carbocycles. The second-order valence-electron chi connectivity index (χ2n) is 6.06. The number of piperidine rings is 1. The lowest BCUT2D eigenvalue weighted by atomic mass is 9.91. The molecule has 1 saturated heterocycles. The molecular formula is C14H18ClN3O3S.